The number of aromatic amines is 1. The third kappa shape index (κ3) is 4.23. The second-order valence-electron chi connectivity index (χ2n) is 6.59. The van der Waals surface area contributed by atoms with E-state index in [9.17, 15) is 4.79 Å². The monoisotopic (exact) mass is 422 g/mol. The summed E-state index contributed by atoms with van der Waals surface area (Å²) >= 11 is 1.36. The van der Waals surface area contributed by atoms with Gasteiger partial charge in [0.05, 0.1) is 19.9 Å². The van der Waals surface area contributed by atoms with Gasteiger partial charge < -0.3 is 25.1 Å². The van der Waals surface area contributed by atoms with E-state index in [0.29, 0.717) is 28.9 Å². The number of carbonyl (C=O) groups excluding carboxylic acids is 1. The number of hydrogen-bond acceptors (Lipinski definition) is 6. The van der Waals surface area contributed by atoms with Gasteiger partial charge in [0.25, 0.3) is 5.91 Å². The van der Waals surface area contributed by atoms with E-state index in [0.717, 1.165) is 17.6 Å². The van der Waals surface area contributed by atoms with Crippen molar-refractivity contribution < 1.29 is 14.3 Å². The standard InChI is InChI=1S/C22H22N4O3S/c1-28-15-7-8-18(20(11-15)29-2)25-22-26-19(13-30-22)21(27)23-10-9-14-12-24-17-6-4-3-5-16(14)17/h3-8,11-13,24H,9-10H2,1-2H3,(H,23,27)(H,25,26). The van der Waals surface area contributed by atoms with Crippen molar-refractivity contribution in [3.05, 3.63) is 65.3 Å². The summed E-state index contributed by atoms with van der Waals surface area (Å²) < 4.78 is 10.6. The highest BCUT2D eigenvalue weighted by atomic mass is 32.1. The van der Waals surface area contributed by atoms with E-state index >= 15 is 0 Å². The lowest BCUT2D eigenvalue weighted by Gasteiger charge is -2.10. The highest BCUT2D eigenvalue weighted by Crippen LogP contribution is 2.32. The van der Waals surface area contributed by atoms with Gasteiger partial charge in [0.15, 0.2) is 5.13 Å². The molecule has 0 atom stereocenters. The molecule has 0 saturated heterocycles. The Morgan fingerprint density at radius 2 is 2.03 bits per heavy atom. The molecule has 2 heterocycles. The molecule has 0 aliphatic rings. The lowest BCUT2D eigenvalue weighted by Crippen LogP contribution is -2.25. The minimum Gasteiger partial charge on any atom is -0.497 e. The minimum absolute atomic E-state index is 0.194. The van der Waals surface area contributed by atoms with Gasteiger partial charge in [-0.05, 0) is 30.2 Å². The molecule has 2 aromatic carbocycles. The molecule has 0 spiro atoms. The average molecular weight is 423 g/mol. The molecule has 3 N–H and O–H groups in total. The topological polar surface area (TPSA) is 88.3 Å². The minimum atomic E-state index is -0.194. The van der Waals surface area contributed by atoms with Crippen LogP contribution in [-0.2, 0) is 6.42 Å². The molecule has 0 bridgehead atoms. The predicted molar refractivity (Wildman–Crippen MR) is 119 cm³/mol. The summed E-state index contributed by atoms with van der Waals surface area (Å²) in [5.41, 5.74) is 3.41. The zero-order chi connectivity index (χ0) is 20.9. The molecule has 4 rings (SSSR count). The number of aromatic nitrogens is 2. The van der Waals surface area contributed by atoms with E-state index in [2.05, 4.69) is 26.7 Å². The van der Waals surface area contributed by atoms with Crippen molar-refractivity contribution in [2.45, 2.75) is 6.42 Å². The van der Waals surface area contributed by atoms with Gasteiger partial charge in [-0.3, -0.25) is 4.79 Å². The van der Waals surface area contributed by atoms with Crippen molar-refractivity contribution in [2.24, 2.45) is 0 Å². The van der Waals surface area contributed by atoms with Crippen molar-refractivity contribution in [1.82, 2.24) is 15.3 Å². The van der Waals surface area contributed by atoms with Gasteiger partial charge in [-0.15, -0.1) is 11.3 Å². The van der Waals surface area contributed by atoms with E-state index in [-0.39, 0.29) is 5.91 Å². The van der Waals surface area contributed by atoms with Crippen molar-refractivity contribution in [3.8, 4) is 11.5 Å². The Hall–Kier alpha value is -3.52. The third-order valence-electron chi connectivity index (χ3n) is 4.74. The summed E-state index contributed by atoms with van der Waals surface area (Å²) in [5.74, 6) is 1.14. The number of rotatable bonds is 8. The first-order valence-corrected chi connectivity index (χ1v) is 10.3. The number of hydrogen-bond donors (Lipinski definition) is 3. The molecular weight excluding hydrogens is 400 g/mol. The molecular formula is C22H22N4O3S. The molecule has 1 amide bonds. The normalized spacial score (nSPS) is 10.7. The fourth-order valence-corrected chi connectivity index (χ4v) is 3.90. The molecule has 4 aromatic rings. The average Bonchev–Trinajstić information content (AvgIpc) is 3.41. The van der Waals surface area contributed by atoms with Crippen LogP contribution in [0.2, 0.25) is 0 Å². The van der Waals surface area contributed by atoms with Gasteiger partial charge >= 0.3 is 0 Å². The number of H-pyrrole nitrogens is 1. The summed E-state index contributed by atoms with van der Waals surface area (Å²) in [6.07, 6.45) is 2.73. The van der Waals surface area contributed by atoms with Crippen molar-refractivity contribution in [3.63, 3.8) is 0 Å². The lowest BCUT2D eigenvalue weighted by atomic mass is 10.1. The zero-order valence-electron chi connectivity index (χ0n) is 16.7. The number of amides is 1. The maximum Gasteiger partial charge on any atom is 0.270 e. The number of methoxy groups -OCH3 is 2. The number of fused-ring (bicyclic) bond motifs is 1. The van der Waals surface area contributed by atoms with Crippen LogP contribution < -0.4 is 20.1 Å². The molecule has 7 nitrogen and oxygen atoms in total. The number of thiazole rings is 1. The predicted octanol–water partition coefficient (Wildman–Crippen LogP) is 4.36. The summed E-state index contributed by atoms with van der Waals surface area (Å²) in [4.78, 5) is 20.1. The molecule has 154 valence electrons. The molecule has 0 aliphatic heterocycles. The fourth-order valence-electron chi connectivity index (χ4n) is 3.19. The number of anilines is 2. The maximum absolute atomic E-state index is 12.5. The zero-order valence-corrected chi connectivity index (χ0v) is 17.5. The van der Waals surface area contributed by atoms with Crippen LogP contribution in [0.4, 0.5) is 10.8 Å². The van der Waals surface area contributed by atoms with Crippen molar-refractivity contribution >= 4 is 39.0 Å². The number of nitrogens with one attached hydrogen (secondary N) is 3. The smallest absolute Gasteiger partial charge is 0.270 e. The second-order valence-corrected chi connectivity index (χ2v) is 7.45. The maximum atomic E-state index is 12.5. The number of para-hydroxylation sites is 1. The number of nitrogens with zero attached hydrogens (tertiary/aromatic N) is 1. The van der Waals surface area contributed by atoms with Crippen molar-refractivity contribution in [2.75, 3.05) is 26.1 Å². The second kappa shape index (κ2) is 8.87. The van der Waals surface area contributed by atoms with Gasteiger partial charge in [-0.1, -0.05) is 18.2 Å². The summed E-state index contributed by atoms with van der Waals surface area (Å²) in [6.45, 7) is 0.535. The van der Waals surface area contributed by atoms with Gasteiger partial charge in [0.1, 0.15) is 17.2 Å². The highest BCUT2D eigenvalue weighted by molar-refractivity contribution is 7.14. The van der Waals surface area contributed by atoms with Crippen LogP contribution in [0.5, 0.6) is 11.5 Å². The number of benzene rings is 2. The fraction of sp³-hybridized carbons (Fsp3) is 0.182. The Morgan fingerprint density at radius 3 is 2.87 bits per heavy atom. The molecule has 0 aliphatic carbocycles. The van der Waals surface area contributed by atoms with Crippen LogP contribution in [0, 0.1) is 0 Å². The first kappa shape index (κ1) is 19.8. The van der Waals surface area contributed by atoms with Crippen LogP contribution >= 0.6 is 11.3 Å². The van der Waals surface area contributed by atoms with Crippen LogP contribution in [0.1, 0.15) is 16.1 Å². The van der Waals surface area contributed by atoms with E-state index in [4.69, 9.17) is 9.47 Å². The highest BCUT2D eigenvalue weighted by Gasteiger charge is 2.13. The molecule has 0 unspecified atom stereocenters. The van der Waals surface area contributed by atoms with Gasteiger partial charge in [-0.2, -0.15) is 0 Å². The Kier molecular flexibility index (Phi) is 5.85. The van der Waals surface area contributed by atoms with E-state index < -0.39 is 0 Å². The number of carbonyl (C=O) groups is 1. The Morgan fingerprint density at radius 1 is 1.17 bits per heavy atom. The molecule has 30 heavy (non-hydrogen) atoms. The summed E-state index contributed by atoms with van der Waals surface area (Å²) in [5, 5.41) is 9.66. The summed E-state index contributed by atoms with van der Waals surface area (Å²) in [7, 11) is 3.19. The molecule has 0 fully saturated rings. The largest absolute Gasteiger partial charge is 0.497 e. The van der Waals surface area contributed by atoms with Crippen molar-refractivity contribution in [1.29, 1.82) is 0 Å². The van der Waals surface area contributed by atoms with E-state index in [1.54, 1.807) is 25.7 Å². The molecule has 2 aromatic heterocycles. The molecule has 8 heteroatoms. The third-order valence-corrected chi connectivity index (χ3v) is 5.50. The van der Waals surface area contributed by atoms with Crippen LogP contribution in [0.15, 0.2) is 54.0 Å². The lowest BCUT2D eigenvalue weighted by molar-refractivity contribution is 0.0950. The first-order valence-electron chi connectivity index (χ1n) is 9.45. The Labute approximate surface area is 178 Å². The first-order chi connectivity index (χ1) is 14.7. The Bertz CT molecular complexity index is 1170. The van der Waals surface area contributed by atoms with Gasteiger partial charge in [-0.25, -0.2) is 4.98 Å². The van der Waals surface area contributed by atoms with Crippen LogP contribution in [0.25, 0.3) is 10.9 Å². The van der Waals surface area contributed by atoms with E-state index in [1.165, 1.54) is 22.3 Å². The number of ether oxygens (including phenoxy) is 2. The van der Waals surface area contributed by atoms with E-state index in [1.807, 2.05) is 36.5 Å². The van der Waals surface area contributed by atoms with Gasteiger partial charge in [0.2, 0.25) is 0 Å². The molecule has 0 radical (unpaired) electrons. The SMILES string of the molecule is COc1ccc(Nc2nc(C(=O)NCCc3c[nH]c4ccccc34)cs2)c(OC)c1. The summed E-state index contributed by atoms with van der Waals surface area (Å²) in [6, 6.07) is 13.6. The quantitative estimate of drug-likeness (QED) is 0.393. The molecule has 0 saturated carbocycles. The van der Waals surface area contributed by atoms with Crippen LogP contribution in [0.3, 0.4) is 0 Å². The Balaban J connectivity index is 1.36. The van der Waals surface area contributed by atoms with Crippen LogP contribution in [-0.4, -0.2) is 36.6 Å². The van der Waals surface area contributed by atoms with Gasteiger partial charge in [0, 0.05) is 35.1 Å².